The number of ether oxygens (including phenoxy) is 2. The zero-order valence-corrected chi connectivity index (χ0v) is 13.0. The van der Waals surface area contributed by atoms with Gasteiger partial charge in [0.1, 0.15) is 11.6 Å². The van der Waals surface area contributed by atoms with Gasteiger partial charge in [-0.25, -0.2) is 4.98 Å². The second-order valence-corrected chi connectivity index (χ2v) is 6.06. The van der Waals surface area contributed by atoms with Gasteiger partial charge >= 0.3 is 0 Å². The Bertz CT molecular complexity index is 568. The van der Waals surface area contributed by atoms with E-state index in [1.54, 1.807) is 17.5 Å². The Hall–Kier alpha value is -1.59. The molecule has 1 fully saturated rings. The topological polar surface area (TPSA) is 43.4 Å². The van der Waals surface area contributed by atoms with E-state index in [0.717, 1.165) is 23.1 Å². The number of benzene rings is 1. The summed E-state index contributed by atoms with van der Waals surface area (Å²) in [5, 5.41) is 6.43. The second-order valence-electron chi connectivity index (χ2n) is 5.08. The third kappa shape index (κ3) is 4.19. The molecule has 1 aliphatic rings. The molecule has 4 nitrogen and oxygen atoms in total. The van der Waals surface area contributed by atoms with Crippen LogP contribution in [0, 0.1) is 0 Å². The number of thiazole rings is 1. The van der Waals surface area contributed by atoms with Crippen LogP contribution >= 0.6 is 11.3 Å². The van der Waals surface area contributed by atoms with Gasteiger partial charge < -0.3 is 14.8 Å². The molecule has 5 heteroatoms. The van der Waals surface area contributed by atoms with Crippen molar-refractivity contribution in [3.8, 4) is 11.5 Å². The molecule has 1 N–H and O–H groups in total. The van der Waals surface area contributed by atoms with Crippen molar-refractivity contribution >= 4 is 11.3 Å². The molecule has 0 saturated heterocycles. The second kappa shape index (κ2) is 6.91. The van der Waals surface area contributed by atoms with Crippen molar-refractivity contribution < 1.29 is 9.47 Å². The van der Waals surface area contributed by atoms with E-state index in [1.165, 1.54) is 18.4 Å². The molecule has 1 aliphatic carbocycles. The SMILES string of the molecule is CCOc1cc(CNC2CC2)ccc1OCc1nccs1. The van der Waals surface area contributed by atoms with E-state index in [1.807, 2.05) is 18.4 Å². The van der Waals surface area contributed by atoms with Crippen LogP contribution in [-0.2, 0) is 13.2 Å². The molecule has 0 amide bonds. The standard InChI is InChI=1S/C16H20N2O2S/c1-2-19-15-9-12(10-18-13-4-5-13)3-6-14(15)20-11-16-17-7-8-21-16/h3,6-9,13,18H,2,4-5,10-11H2,1H3. The highest BCUT2D eigenvalue weighted by Gasteiger charge is 2.20. The lowest BCUT2D eigenvalue weighted by Gasteiger charge is -2.13. The van der Waals surface area contributed by atoms with Crippen molar-refractivity contribution in [3.63, 3.8) is 0 Å². The van der Waals surface area contributed by atoms with Crippen LogP contribution in [0.4, 0.5) is 0 Å². The molecule has 0 unspecified atom stereocenters. The van der Waals surface area contributed by atoms with Crippen LogP contribution in [0.2, 0.25) is 0 Å². The number of aromatic nitrogens is 1. The molecule has 2 aromatic rings. The van der Waals surface area contributed by atoms with E-state index in [-0.39, 0.29) is 0 Å². The summed E-state index contributed by atoms with van der Waals surface area (Å²) in [7, 11) is 0. The van der Waals surface area contributed by atoms with E-state index in [9.17, 15) is 0 Å². The van der Waals surface area contributed by atoms with Crippen molar-refractivity contribution in [2.24, 2.45) is 0 Å². The fourth-order valence-electron chi connectivity index (χ4n) is 2.06. The normalized spacial score (nSPS) is 14.1. The Morgan fingerprint density at radius 3 is 2.90 bits per heavy atom. The minimum absolute atomic E-state index is 0.484. The van der Waals surface area contributed by atoms with Gasteiger partial charge in [0, 0.05) is 24.2 Å². The van der Waals surface area contributed by atoms with Crippen molar-refractivity contribution in [3.05, 3.63) is 40.3 Å². The molecular weight excluding hydrogens is 284 g/mol. The van der Waals surface area contributed by atoms with E-state index >= 15 is 0 Å². The van der Waals surface area contributed by atoms with Crippen LogP contribution < -0.4 is 14.8 Å². The average molecular weight is 304 g/mol. The van der Waals surface area contributed by atoms with E-state index in [4.69, 9.17) is 9.47 Å². The monoisotopic (exact) mass is 304 g/mol. The highest BCUT2D eigenvalue weighted by Crippen LogP contribution is 2.30. The lowest BCUT2D eigenvalue weighted by molar-refractivity contribution is 0.268. The summed E-state index contributed by atoms with van der Waals surface area (Å²) in [5.41, 5.74) is 1.23. The first kappa shape index (κ1) is 14.4. The summed E-state index contributed by atoms with van der Waals surface area (Å²) in [4.78, 5) is 4.22. The largest absolute Gasteiger partial charge is 0.490 e. The molecule has 112 valence electrons. The van der Waals surface area contributed by atoms with Crippen molar-refractivity contribution in [2.45, 2.75) is 39.0 Å². The first-order chi connectivity index (χ1) is 10.3. The third-order valence-corrected chi connectivity index (χ3v) is 4.07. The Labute approximate surface area is 129 Å². The van der Waals surface area contributed by atoms with Crippen LogP contribution in [0.25, 0.3) is 0 Å². The summed E-state index contributed by atoms with van der Waals surface area (Å²) in [6, 6.07) is 6.86. The van der Waals surface area contributed by atoms with Gasteiger partial charge in [-0.1, -0.05) is 6.07 Å². The van der Waals surface area contributed by atoms with Gasteiger partial charge in [-0.3, -0.25) is 0 Å². The molecular formula is C16H20N2O2S. The molecule has 0 atom stereocenters. The molecule has 21 heavy (non-hydrogen) atoms. The maximum absolute atomic E-state index is 5.83. The maximum atomic E-state index is 5.83. The maximum Gasteiger partial charge on any atom is 0.161 e. The van der Waals surface area contributed by atoms with Gasteiger partial charge in [0.2, 0.25) is 0 Å². The van der Waals surface area contributed by atoms with Crippen LogP contribution in [0.3, 0.4) is 0 Å². The van der Waals surface area contributed by atoms with Gasteiger partial charge in [0.15, 0.2) is 11.5 Å². The quantitative estimate of drug-likeness (QED) is 0.812. The summed E-state index contributed by atoms with van der Waals surface area (Å²) >= 11 is 1.60. The molecule has 1 heterocycles. The fourth-order valence-corrected chi connectivity index (χ4v) is 2.59. The predicted molar refractivity (Wildman–Crippen MR) is 83.9 cm³/mol. The molecule has 0 radical (unpaired) electrons. The van der Waals surface area contributed by atoms with Crippen LogP contribution in [-0.4, -0.2) is 17.6 Å². The Balaban J connectivity index is 1.65. The fraction of sp³-hybridized carbons (Fsp3) is 0.438. The number of nitrogens with zero attached hydrogens (tertiary/aromatic N) is 1. The van der Waals surface area contributed by atoms with Crippen LogP contribution in [0.15, 0.2) is 29.8 Å². The number of hydrogen-bond donors (Lipinski definition) is 1. The van der Waals surface area contributed by atoms with Gasteiger partial charge in [-0.05, 0) is 37.5 Å². The highest BCUT2D eigenvalue weighted by molar-refractivity contribution is 7.09. The van der Waals surface area contributed by atoms with Crippen LogP contribution in [0.1, 0.15) is 30.3 Å². The first-order valence-corrected chi connectivity index (χ1v) is 8.23. The van der Waals surface area contributed by atoms with Gasteiger partial charge in [0.05, 0.1) is 6.61 Å². The van der Waals surface area contributed by atoms with Crippen molar-refractivity contribution in [1.29, 1.82) is 0 Å². The van der Waals surface area contributed by atoms with E-state index < -0.39 is 0 Å². The van der Waals surface area contributed by atoms with E-state index in [2.05, 4.69) is 22.4 Å². The zero-order chi connectivity index (χ0) is 14.5. The minimum Gasteiger partial charge on any atom is -0.490 e. The minimum atomic E-state index is 0.484. The van der Waals surface area contributed by atoms with Crippen molar-refractivity contribution in [1.82, 2.24) is 10.3 Å². The Morgan fingerprint density at radius 2 is 2.19 bits per heavy atom. The lowest BCUT2D eigenvalue weighted by atomic mass is 10.2. The predicted octanol–water partition coefficient (Wildman–Crippen LogP) is 3.37. The highest BCUT2D eigenvalue weighted by atomic mass is 32.1. The van der Waals surface area contributed by atoms with Gasteiger partial charge in [0.25, 0.3) is 0 Å². The Kier molecular flexibility index (Phi) is 4.72. The molecule has 1 aromatic carbocycles. The number of nitrogens with one attached hydrogen (secondary N) is 1. The first-order valence-electron chi connectivity index (χ1n) is 7.35. The van der Waals surface area contributed by atoms with E-state index in [0.29, 0.717) is 19.3 Å². The molecule has 3 rings (SSSR count). The van der Waals surface area contributed by atoms with Crippen molar-refractivity contribution in [2.75, 3.05) is 6.61 Å². The van der Waals surface area contributed by atoms with Gasteiger partial charge in [-0.2, -0.15) is 0 Å². The molecule has 0 bridgehead atoms. The van der Waals surface area contributed by atoms with Crippen LogP contribution in [0.5, 0.6) is 11.5 Å². The summed E-state index contributed by atoms with van der Waals surface area (Å²) < 4.78 is 11.5. The third-order valence-electron chi connectivity index (χ3n) is 3.31. The lowest BCUT2D eigenvalue weighted by Crippen LogP contribution is -2.15. The Morgan fingerprint density at radius 1 is 1.29 bits per heavy atom. The molecule has 0 aliphatic heterocycles. The molecule has 1 aromatic heterocycles. The summed E-state index contributed by atoms with van der Waals surface area (Å²) in [6.45, 7) is 3.99. The summed E-state index contributed by atoms with van der Waals surface area (Å²) in [6.07, 6.45) is 4.39. The number of rotatable bonds is 8. The zero-order valence-electron chi connectivity index (χ0n) is 12.2. The molecule has 1 saturated carbocycles. The average Bonchev–Trinajstić information content (AvgIpc) is 3.18. The smallest absolute Gasteiger partial charge is 0.161 e. The van der Waals surface area contributed by atoms with Gasteiger partial charge in [-0.15, -0.1) is 11.3 Å². The number of hydrogen-bond acceptors (Lipinski definition) is 5. The summed E-state index contributed by atoms with van der Waals surface area (Å²) in [5.74, 6) is 1.59. The molecule has 0 spiro atoms.